The molecule has 0 saturated carbocycles. The summed E-state index contributed by atoms with van der Waals surface area (Å²) in [5, 5.41) is 19.3. The molecule has 0 heterocycles. The molecule has 0 radical (unpaired) electrons. The van der Waals surface area contributed by atoms with Crippen LogP contribution in [-0.4, -0.2) is 76.9 Å². The quantitative estimate of drug-likeness (QED) is 0.0290. The number of carbonyl (C=O) groups excluding carboxylic acids is 2. The molecule has 0 spiro atoms. The smallest absolute Gasteiger partial charge is 0.354 e. The van der Waals surface area contributed by atoms with E-state index < -0.39 is 106 Å². The maximum atomic E-state index is 14.1. The first-order chi connectivity index (χ1) is 32.5. The van der Waals surface area contributed by atoms with Crippen molar-refractivity contribution < 1.29 is 80.5 Å². The second-order valence-corrected chi connectivity index (χ2v) is 20.4. The highest BCUT2D eigenvalue weighted by atomic mass is 32.2. The van der Waals surface area contributed by atoms with Crippen molar-refractivity contribution in [2.45, 2.75) is 19.6 Å². The second kappa shape index (κ2) is 19.3. The zero-order valence-electron chi connectivity index (χ0n) is 35.1. The fraction of sp³-hybridized carbons (Fsp3) is 0. The van der Waals surface area contributed by atoms with E-state index >= 15 is 0 Å². The van der Waals surface area contributed by atoms with Crippen molar-refractivity contribution in [3.8, 4) is 11.1 Å². The van der Waals surface area contributed by atoms with Crippen molar-refractivity contribution in [3.63, 3.8) is 0 Å². The van der Waals surface area contributed by atoms with E-state index in [2.05, 4.69) is 0 Å². The first kappa shape index (κ1) is 51.0. The van der Waals surface area contributed by atoms with Gasteiger partial charge in [-0.2, -0.15) is 33.7 Å². The minimum Gasteiger partial charge on any atom is -0.478 e. The first-order valence-electron chi connectivity index (χ1n) is 19.2. The van der Waals surface area contributed by atoms with Gasteiger partial charge in [0, 0.05) is 22.7 Å². The summed E-state index contributed by atoms with van der Waals surface area (Å²) in [5.74, 6) is -7.01. The highest BCUT2D eigenvalue weighted by Gasteiger charge is 2.32. The number of hydrogen-bond acceptors (Lipinski definition) is 18. The lowest BCUT2D eigenvalue weighted by molar-refractivity contribution is 0.0651. The number of benzene rings is 6. The summed E-state index contributed by atoms with van der Waals surface area (Å²) < 4.78 is 133. The van der Waals surface area contributed by atoms with Crippen molar-refractivity contribution in [1.29, 1.82) is 0 Å². The highest BCUT2D eigenvalue weighted by molar-refractivity contribution is 7.87. The number of nitrogen functional groups attached to an aromatic ring is 4. The molecule has 0 aromatic heterocycles. The third kappa shape index (κ3) is 11.5. The van der Waals surface area contributed by atoms with Gasteiger partial charge in [-0.3, -0.25) is 9.11 Å². The molecule has 22 nitrogen and oxygen atoms in total. The number of nitrogens with two attached hydrogens (primary N) is 4. The summed E-state index contributed by atoms with van der Waals surface area (Å²) in [6.45, 7) is 0. The van der Waals surface area contributed by atoms with Crippen molar-refractivity contribution >= 4 is 111 Å². The van der Waals surface area contributed by atoms with Gasteiger partial charge < -0.3 is 41.5 Å². The van der Waals surface area contributed by atoms with E-state index in [9.17, 15) is 72.2 Å². The predicted molar refractivity (Wildman–Crippen MR) is 252 cm³/mol. The van der Waals surface area contributed by atoms with E-state index in [0.29, 0.717) is 0 Å². The number of anilines is 4. The Hall–Kier alpha value is -8.40. The summed E-state index contributed by atoms with van der Waals surface area (Å²) in [6.07, 6.45) is 4.27. The second-order valence-electron chi connectivity index (χ2n) is 14.6. The zero-order chi connectivity index (χ0) is 51.7. The molecule has 0 atom stereocenters. The number of carbonyl (C=O) groups is 4. The largest absolute Gasteiger partial charge is 0.478 e. The maximum Gasteiger partial charge on any atom is 0.354 e. The van der Waals surface area contributed by atoms with Crippen LogP contribution < -0.4 is 22.9 Å². The molecule has 0 bridgehead atoms. The number of carboxylic acids is 2. The minimum absolute atomic E-state index is 0.0429. The predicted octanol–water partition coefficient (Wildman–Crippen LogP) is 5.00. The fourth-order valence-electron chi connectivity index (χ4n) is 6.53. The average molecular weight is 1040 g/mol. The molecule has 12 N–H and O–H groups in total. The van der Waals surface area contributed by atoms with Gasteiger partial charge in [0.1, 0.15) is 19.6 Å². The number of rotatable bonds is 15. The van der Waals surface area contributed by atoms with Gasteiger partial charge >= 0.3 is 44.1 Å². The molecule has 70 heavy (non-hydrogen) atoms. The Labute approximate surface area is 397 Å². The Kier molecular flexibility index (Phi) is 14.1. The highest BCUT2D eigenvalue weighted by Crippen LogP contribution is 2.32. The Morgan fingerprint density at radius 1 is 0.386 bits per heavy atom. The Morgan fingerprint density at radius 2 is 0.686 bits per heavy atom. The van der Waals surface area contributed by atoms with Crippen LogP contribution in [0.3, 0.4) is 0 Å². The van der Waals surface area contributed by atoms with Gasteiger partial charge in [-0.1, -0.05) is 60.7 Å². The first-order valence-corrected chi connectivity index (χ1v) is 24.9. The molecule has 0 aliphatic heterocycles. The molecule has 0 aliphatic rings. The lowest BCUT2D eigenvalue weighted by Gasteiger charge is -2.14. The Morgan fingerprint density at radius 3 is 1.03 bits per heavy atom. The fourth-order valence-corrected chi connectivity index (χ4v) is 10.1. The van der Waals surface area contributed by atoms with Crippen LogP contribution in [0.2, 0.25) is 0 Å². The summed E-state index contributed by atoms with van der Waals surface area (Å²) in [5.41, 5.74) is 18.1. The third-order valence-corrected chi connectivity index (χ3v) is 14.1. The minimum atomic E-state index is -5.36. The summed E-state index contributed by atoms with van der Waals surface area (Å²) in [7, 11) is -20.4. The lowest BCUT2D eigenvalue weighted by Crippen LogP contribution is -2.20. The van der Waals surface area contributed by atoms with Crippen molar-refractivity contribution in [3.05, 3.63) is 154 Å². The SMILES string of the molecule is Nc1ccc(C=Cc2ccc(N)cc2S(=O)(=O)OC(=O)c2ccc(-c3ccc(C(=O)O)c(C(=O)O)c3)cc2C(=O)OS(=O)(=O)c2cc(N)ccc2C=Cc2ccc(N)cc2S(=O)(=O)O)c(S(=O)(=O)O)c1. The van der Waals surface area contributed by atoms with Gasteiger partial charge in [-0.15, -0.1) is 0 Å². The van der Waals surface area contributed by atoms with Gasteiger partial charge in [0.25, 0.3) is 20.2 Å². The summed E-state index contributed by atoms with van der Waals surface area (Å²) in [6, 6.07) is 18.8. The average Bonchev–Trinajstić information content (AvgIpc) is 3.27. The van der Waals surface area contributed by atoms with Crippen LogP contribution >= 0.6 is 0 Å². The standard InChI is InChI=1S/C44H34N4O18S4/c45-29-11-5-23(37(19-29)67(55,56)57)1-3-25-7-13-31(47)21-39(25)69(61,62)65-43(53)34-16-10-28(27-9-15-33(41(49)50)35(17-27)42(51)52)18-36(34)44(54)66-70(63,64)40-22-32(48)14-8-26(40)4-2-24-6-12-30(46)20-38(24)68(58,59)60/h1-22H,45-48H2,(H,49,50)(H,51,52)(H,55,56,57)(H,58,59,60). The topological polar surface area (TPSA) is 408 Å². The molecule has 0 aliphatic carbocycles. The van der Waals surface area contributed by atoms with Gasteiger partial charge in [0.15, 0.2) is 0 Å². The third-order valence-electron chi connectivity index (χ3n) is 9.77. The molecular formula is C44H34N4O18S4. The van der Waals surface area contributed by atoms with Crippen LogP contribution in [0.1, 0.15) is 63.7 Å². The van der Waals surface area contributed by atoms with Crippen LogP contribution in [0.15, 0.2) is 129 Å². The molecule has 6 aromatic rings. The Balaban J connectivity index is 1.44. The molecular weight excluding hydrogens is 1000 g/mol. The summed E-state index contributed by atoms with van der Waals surface area (Å²) >= 11 is 0. The van der Waals surface area contributed by atoms with Gasteiger partial charge in [-0.25, -0.2) is 19.2 Å². The van der Waals surface area contributed by atoms with Crippen LogP contribution in [0.4, 0.5) is 22.7 Å². The van der Waals surface area contributed by atoms with Crippen molar-refractivity contribution in [1.82, 2.24) is 0 Å². The van der Waals surface area contributed by atoms with Crippen LogP contribution in [0.5, 0.6) is 0 Å². The molecule has 6 rings (SSSR count). The van der Waals surface area contributed by atoms with Crippen LogP contribution in [-0.2, 0) is 48.8 Å². The van der Waals surface area contributed by atoms with E-state index in [-0.39, 0.29) is 56.1 Å². The van der Waals surface area contributed by atoms with Crippen LogP contribution in [0.25, 0.3) is 35.4 Å². The van der Waals surface area contributed by atoms with E-state index in [1.165, 1.54) is 36.4 Å². The maximum absolute atomic E-state index is 14.1. The molecule has 6 aromatic carbocycles. The summed E-state index contributed by atoms with van der Waals surface area (Å²) in [4.78, 5) is 48.9. The molecule has 26 heteroatoms. The Bertz CT molecular complexity index is 3740. The van der Waals surface area contributed by atoms with E-state index in [0.717, 1.165) is 97.1 Å². The number of aromatic carboxylic acids is 2. The molecule has 0 fully saturated rings. The van der Waals surface area contributed by atoms with Crippen molar-refractivity contribution in [2.75, 3.05) is 22.9 Å². The van der Waals surface area contributed by atoms with Gasteiger partial charge in [0.2, 0.25) is 0 Å². The molecule has 362 valence electrons. The van der Waals surface area contributed by atoms with Crippen LogP contribution in [0, 0.1) is 0 Å². The van der Waals surface area contributed by atoms with Gasteiger partial charge in [-0.05, 0) is 106 Å². The molecule has 0 unspecified atom stereocenters. The zero-order valence-corrected chi connectivity index (χ0v) is 38.4. The van der Waals surface area contributed by atoms with Gasteiger partial charge in [0.05, 0.1) is 22.3 Å². The number of hydrogen-bond donors (Lipinski definition) is 8. The van der Waals surface area contributed by atoms with E-state index in [1.807, 2.05) is 0 Å². The molecule has 0 saturated heterocycles. The van der Waals surface area contributed by atoms with Crippen molar-refractivity contribution in [2.24, 2.45) is 0 Å². The monoisotopic (exact) mass is 1030 g/mol. The lowest BCUT2D eigenvalue weighted by atomic mass is 9.96. The normalized spacial score (nSPS) is 12.2. The van der Waals surface area contributed by atoms with E-state index in [1.54, 1.807) is 0 Å². The molecule has 0 amide bonds. The van der Waals surface area contributed by atoms with E-state index in [4.69, 9.17) is 31.3 Å². The number of carboxylic acid groups (broad SMARTS) is 2.